The Morgan fingerprint density at radius 2 is 2.43 bits per heavy atom. The fourth-order valence-corrected chi connectivity index (χ4v) is 0.802. The predicted molar refractivity (Wildman–Crippen MR) is 48.0 cm³/mol. The fraction of sp³-hybridized carbons (Fsp3) is 0.556. The van der Waals surface area contributed by atoms with Crippen molar-refractivity contribution < 1.29 is 18.8 Å². The Hall–Kier alpha value is -1.52. The maximum Gasteiger partial charge on any atom is 0.344 e. The van der Waals surface area contributed by atoms with Crippen molar-refractivity contribution >= 4 is 5.97 Å². The van der Waals surface area contributed by atoms with Crippen molar-refractivity contribution in [2.24, 2.45) is 0 Å². The number of esters is 1. The highest BCUT2D eigenvalue weighted by molar-refractivity contribution is 5.70. The number of carbonyl (C=O) groups excluding carboxylic acids is 1. The molecule has 1 rings (SSSR count). The molecule has 0 fully saturated rings. The summed E-state index contributed by atoms with van der Waals surface area (Å²) in [5.41, 5.74) is 0. The van der Waals surface area contributed by atoms with Gasteiger partial charge < -0.3 is 14.0 Å². The van der Waals surface area contributed by atoms with Crippen LogP contribution in [0.2, 0.25) is 0 Å². The van der Waals surface area contributed by atoms with Gasteiger partial charge in [0.15, 0.2) is 6.61 Å². The van der Waals surface area contributed by atoms with E-state index in [4.69, 9.17) is 14.0 Å². The summed E-state index contributed by atoms with van der Waals surface area (Å²) in [7, 11) is 0. The Morgan fingerprint density at radius 1 is 1.64 bits per heavy atom. The van der Waals surface area contributed by atoms with E-state index in [9.17, 15) is 4.79 Å². The van der Waals surface area contributed by atoms with Crippen molar-refractivity contribution in [2.45, 2.75) is 20.3 Å². The van der Waals surface area contributed by atoms with Gasteiger partial charge in [-0.1, -0.05) is 6.92 Å². The minimum atomic E-state index is -0.396. The molecule has 0 saturated carbocycles. The van der Waals surface area contributed by atoms with Crippen molar-refractivity contribution in [1.82, 2.24) is 5.16 Å². The number of rotatable bonds is 5. The quantitative estimate of drug-likeness (QED) is 0.669. The van der Waals surface area contributed by atoms with Crippen LogP contribution >= 0.6 is 0 Å². The average Bonchev–Trinajstić information content (AvgIpc) is 2.58. The van der Waals surface area contributed by atoms with E-state index in [0.717, 1.165) is 6.42 Å². The molecule has 0 saturated heterocycles. The Balaban J connectivity index is 2.23. The number of carbonyl (C=O) groups is 1. The molecule has 0 spiro atoms. The normalized spacial score (nSPS) is 9.86. The van der Waals surface area contributed by atoms with Crippen molar-refractivity contribution in [2.75, 3.05) is 13.2 Å². The molecule has 14 heavy (non-hydrogen) atoms. The van der Waals surface area contributed by atoms with Gasteiger partial charge in [0.25, 0.3) is 5.88 Å². The summed E-state index contributed by atoms with van der Waals surface area (Å²) < 4.78 is 14.6. The highest BCUT2D eigenvalue weighted by atomic mass is 16.6. The third-order valence-electron chi connectivity index (χ3n) is 1.41. The van der Waals surface area contributed by atoms with Crippen LogP contribution in [0.1, 0.15) is 19.1 Å². The highest BCUT2D eigenvalue weighted by Crippen LogP contribution is 2.09. The van der Waals surface area contributed by atoms with Gasteiger partial charge in [0, 0.05) is 6.07 Å². The van der Waals surface area contributed by atoms with E-state index < -0.39 is 5.97 Å². The summed E-state index contributed by atoms with van der Waals surface area (Å²) >= 11 is 0. The summed E-state index contributed by atoms with van der Waals surface area (Å²) in [6.45, 7) is 3.95. The molecule has 0 atom stereocenters. The van der Waals surface area contributed by atoms with E-state index >= 15 is 0 Å². The van der Waals surface area contributed by atoms with E-state index in [0.29, 0.717) is 18.2 Å². The first kappa shape index (κ1) is 10.6. The predicted octanol–water partition coefficient (Wildman–Crippen LogP) is 1.32. The molecule has 0 aliphatic carbocycles. The smallest absolute Gasteiger partial charge is 0.344 e. The number of hydrogen-bond donors (Lipinski definition) is 0. The highest BCUT2D eigenvalue weighted by Gasteiger charge is 2.06. The van der Waals surface area contributed by atoms with E-state index in [1.807, 2.05) is 6.92 Å². The monoisotopic (exact) mass is 199 g/mol. The molecule has 1 aromatic rings. The van der Waals surface area contributed by atoms with Crippen LogP contribution in [0.25, 0.3) is 0 Å². The van der Waals surface area contributed by atoms with Crippen LogP contribution in [0, 0.1) is 6.92 Å². The van der Waals surface area contributed by atoms with E-state index in [-0.39, 0.29) is 6.61 Å². The lowest BCUT2D eigenvalue weighted by atomic mass is 10.5. The molecule has 0 aliphatic heterocycles. The maximum atomic E-state index is 11.0. The molecule has 5 heteroatoms. The van der Waals surface area contributed by atoms with Gasteiger partial charge in [0.2, 0.25) is 0 Å². The Labute approximate surface area is 82.0 Å². The molecule has 0 aromatic carbocycles. The standard InChI is InChI=1S/C9H13NO4/c1-3-4-12-9(11)6-13-8-5-7(2)14-10-8/h5H,3-4,6H2,1-2H3. The molecule has 0 N–H and O–H groups in total. The Morgan fingerprint density at radius 3 is 3.00 bits per heavy atom. The molecule has 0 amide bonds. The Kier molecular flexibility index (Phi) is 3.97. The van der Waals surface area contributed by atoms with Gasteiger partial charge in [-0.05, 0) is 18.5 Å². The maximum absolute atomic E-state index is 11.0. The van der Waals surface area contributed by atoms with Crippen LogP contribution in [-0.2, 0) is 9.53 Å². The van der Waals surface area contributed by atoms with E-state index in [2.05, 4.69) is 5.16 Å². The van der Waals surface area contributed by atoms with Crippen molar-refractivity contribution in [1.29, 1.82) is 0 Å². The second kappa shape index (κ2) is 5.26. The van der Waals surface area contributed by atoms with Crippen LogP contribution < -0.4 is 4.74 Å². The lowest BCUT2D eigenvalue weighted by molar-refractivity contribution is -0.146. The molecular weight excluding hydrogens is 186 g/mol. The van der Waals surface area contributed by atoms with Crippen molar-refractivity contribution in [3.63, 3.8) is 0 Å². The van der Waals surface area contributed by atoms with Gasteiger partial charge in [-0.25, -0.2) is 4.79 Å². The number of aryl methyl sites for hydroxylation is 1. The SMILES string of the molecule is CCCOC(=O)COc1cc(C)on1. The zero-order chi connectivity index (χ0) is 10.4. The first-order valence-corrected chi connectivity index (χ1v) is 4.44. The zero-order valence-corrected chi connectivity index (χ0v) is 8.28. The summed E-state index contributed by atoms with van der Waals surface area (Å²) in [6, 6.07) is 1.60. The summed E-state index contributed by atoms with van der Waals surface area (Å²) in [5, 5.41) is 3.56. The molecule has 5 nitrogen and oxygen atoms in total. The van der Waals surface area contributed by atoms with Gasteiger partial charge in [0.05, 0.1) is 6.61 Å². The Bertz CT molecular complexity index is 295. The lowest BCUT2D eigenvalue weighted by Gasteiger charge is -2.02. The molecular formula is C9H13NO4. The molecule has 0 radical (unpaired) electrons. The molecule has 78 valence electrons. The number of hydrogen-bond acceptors (Lipinski definition) is 5. The first-order valence-electron chi connectivity index (χ1n) is 4.44. The topological polar surface area (TPSA) is 61.6 Å². The average molecular weight is 199 g/mol. The van der Waals surface area contributed by atoms with Gasteiger partial charge in [-0.15, -0.1) is 0 Å². The summed E-state index contributed by atoms with van der Waals surface area (Å²) in [5.74, 6) is 0.547. The van der Waals surface area contributed by atoms with E-state index in [1.165, 1.54) is 0 Å². The lowest BCUT2D eigenvalue weighted by Crippen LogP contribution is -2.15. The van der Waals surface area contributed by atoms with Crippen LogP contribution in [0.5, 0.6) is 5.88 Å². The van der Waals surface area contributed by atoms with Gasteiger partial charge in [-0.3, -0.25) is 0 Å². The third kappa shape index (κ3) is 3.47. The second-order valence-electron chi connectivity index (χ2n) is 2.78. The molecule has 0 bridgehead atoms. The van der Waals surface area contributed by atoms with Crippen LogP contribution in [0.3, 0.4) is 0 Å². The molecule has 0 unspecified atom stereocenters. The molecule has 0 aliphatic rings. The zero-order valence-electron chi connectivity index (χ0n) is 8.28. The molecule has 1 aromatic heterocycles. The summed E-state index contributed by atoms with van der Waals surface area (Å²) in [4.78, 5) is 11.0. The summed E-state index contributed by atoms with van der Waals surface area (Å²) in [6.07, 6.45) is 0.800. The van der Waals surface area contributed by atoms with Crippen molar-refractivity contribution in [3.8, 4) is 5.88 Å². The van der Waals surface area contributed by atoms with Gasteiger partial charge >= 0.3 is 5.97 Å². The van der Waals surface area contributed by atoms with Crippen LogP contribution in [0.15, 0.2) is 10.6 Å². The minimum absolute atomic E-state index is 0.133. The number of ether oxygens (including phenoxy) is 2. The number of nitrogens with zero attached hydrogens (tertiary/aromatic N) is 1. The molecule has 1 heterocycles. The minimum Gasteiger partial charge on any atom is -0.463 e. The van der Waals surface area contributed by atoms with Crippen LogP contribution in [-0.4, -0.2) is 24.3 Å². The number of aromatic nitrogens is 1. The largest absolute Gasteiger partial charge is 0.463 e. The van der Waals surface area contributed by atoms with Crippen molar-refractivity contribution in [3.05, 3.63) is 11.8 Å². The first-order chi connectivity index (χ1) is 6.72. The van der Waals surface area contributed by atoms with Crippen LogP contribution in [0.4, 0.5) is 0 Å². The fourth-order valence-electron chi connectivity index (χ4n) is 0.802. The van der Waals surface area contributed by atoms with Gasteiger partial charge in [0.1, 0.15) is 5.76 Å². The second-order valence-corrected chi connectivity index (χ2v) is 2.78. The van der Waals surface area contributed by atoms with E-state index in [1.54, 1.807) is 13.0 Å². The third-order valence-corrected chi connectivity index (χ3v) is 1.41. The van der Waals surface area contributed by atoms with Gasteiger partial charge in [-0.2, -0.15) is 0 Å².